The lowest BCUT2D eigenvalue weighted by atomic mass is 10.0. The van der Waals surface area contributed by atoms with E-state index in [1.165, 1.54) is 43.5 Å². The Bertz CT molecular complexity index is 3810. The van der Waals surface area contributed by atoms with E-state index in [1.807, 2.05) is 33.4 Å². The maximum absolute atomic E-state index is 14.7. The minimum Gasteiger partial charge on any atom is -0.478 e. The monoisotopic (exact) mass is 1170 g/mol. The minimum atomic E-state index is -1.31. The quantitative estimate of drug-likeness (QED) is 0.0636. The summed E-state index contributed by atoms with van der Waals surface area (Å²) >= 11 is 11.7. The van der Waals surface area contributed by atoms with Crippen molar-refractivity contribution in [1.29, 1.82) is 0 Å². The molecule has 2 atom stereocenters. The first kappa shape index (κ1) is 57.1. The summed E-state index contributed by atoms with van der Waals surface area (Å²) in [5.41, 5.74) is 6.26. The second-order valence-corrected chi connectivity index (χ2v) is 21.4. The number of rotatable bonds is 18. The number of benzene rings is 4. The van der Waals surface area contributed by atoms with E-state index in [0.717, 1.165) is 73.0 Å². The van der Waals surface area contributed by atoms with Crippen molar-refractivity contribution < 1.29 is 55.9 Å². The summed E-state index contributed by atoms with van der Waals surface area (Å²) in [5, 5.41) is 10.1. The lowest BCUT2D eigenvalue weighted by molar-refractivity contribution is -0.0593. The van der Waals surface area contributed by atoms with Crippen molar-refractivity contribution in [3.63, 3.8) is 0 Å². The fraction of sp³-hybridized carbons (Fsp3) is 0.311. The van der Waals surface area contributed by atoms with Crippen LogP contribution in [-0.2, 0) is 53.6 Å². The second-order valence-electron chi connectivity index (χ2n) is 20.5. The highest BCUT2D eigenvalue weighted by Crippen LogP contribution is 2.31. The van der Waals surface area contributed by atoms with Crippen molar-refractivity contribution >= 4 is 68.4 Å². The van der Waals surface area contributed by atoms with E-state index in [1.54, 1.807) is 36.4 Å². The van der Waals surface area contributed by atoms with Crippen LogP contribution < -0.4 is 9.47 Å². The smallest absolute Gasteiger partial charge is 0.340 e. The third kappa shape index (κ3) is 13.4. The van der Waals surface area contributed by atoms with E-state index < -0.39 is 35.2 Å². The van der Waals surface area contributed by atoms with Crippen molar-refractivity contribution in [3.05, 3.63) is 188 Å². The average molecular weight is 1180 g/mol. The molecule has 83 heavy (non-hydrogen) atoms. The third-order valence-corrected chi connectivity index (χ3v) is 15.5. The molecule has 4 aromatic heterocycles. The second kappa shape index (κ2) is 25.4. The molecule has 4 aliphatic heterocycles. The Balaban J connectivity index is 0.000000174. The van der Waals surface area contributed by atoms with Crippen molar-refractivity contribution in [2.75, 3.05) is 46.5 Å². The van der Waals surface area contributed by atoms with Crippen LogP contribution in [0.2, 0.25) is 10.0 Å². The van der Waals surface area contributed by atoms with Gasteiger partial charge in [0.05, 0.1) is 90.1 Å². The van der Waals surface area contributed by atoms with Crippen LogP contribution in [0.4, 0.5) is 17.6 Å². The molecule has 16 nitrogen and oxygen atoms in total. The molecule has 22 heteroatoms. The number of esters is 1. The van der Waals surface area contributed by atoms with E-state index in [9.17, 15) is 32.3 Å². The van der Waals surface area contributed by atoms with E-state index >= 15 is 0 Å². The number of hydrogen-bond donors (Lipinski definition) is 1. The average Bonchev–Trinajstić information content (AvgIpc) is 4.08. The van der Waals surface area contributed by atoms with Gasteiger partial charge in [-0.1, -0.05) is 59.6 Å². The number of carboxylic acid groups (broad SMARTS) is 1. The minimum absolute atomic E-state index is 0.0223. The third-order valence-electron chi connectivity index (χ3n) is 15.0. The molecular formula is C61H56Cl2F4N8O8. The van der Waals surface area contributed by atoms with Gasteiger partial charge in [0.1, 0.15) is 48.1 Å². The molecule has 0 radical (unpaired) electrons. The molecule has 8 heterocycles. The summed E-state index contributed by atoms with van der Waals surface area (Å²) in [4.78, 5) is 46.8. The topological polar surface area (TPSA) is 168 Å². The number of halogens is 6. The highest BCUT2D eigenvalue weighted by molar-refractivity contribution is 6.30. The maximum Gasteiger partial charge on any atom is 0.340 e. The van der Waals surface area contributed by atoms with Crippen LogP contribution in [0.1, 0.15) is 80.6 Å². The van der Waals surface area contributed by atoms with Gasteiger partial charge in [-0.15, -0.1) is 0 Å². The molecule has 0 amide bonds. The number of aromatic nitrogens is 6. The molecule has 0 aliphatic carbocycles. The molecule has 1 N–H and O–H groups in total. The predicted octanol–water partition coefficient (Wildman–Crippen LogP) is 11.5. The van der Waals surface area contributed by atoms with Gasteiger partial charge in [-0.2, -0.15) is 0 Å². The van der Waals surface area contributed by atoms with Gasteiger partial charge in [0.15, 0.2) is 0 Å². The Morgan fingerprint density at radius 1 is 0.614 bits per heavy atom. The number of methoxy groups -OCH3 is 1. The molecule has 0 bridgehead atoms. The van der Waals surface area contributed by atoms with E-state index in [4.69, 9.17) is 51.9 Å². The van der Waals surface area contributed by atoms with Gasteiger partial charge < -0.3 is 37.9 Å². The molecule has 0 unspecified atom stereocenters. The molecule has 12 rings (SSSR count). The number of carbonyl (C=O) groups excluding carboxylic acids is 1. The zero-order valence-electron chi connectivity index (χ0n) is 45.0. The molecule has 2 saturated heterocycles. The van der Waals surface area contributed by atoms with Crippen LogP contribution in [0, 0.1) is 23.3 Å². The highest BCUT2D eigenvalue weighted by Gasteiger charge is 2.28. The fourth-order valence-corrected chi connectivity index (χ4v) is 10.6. The summed E-state index contributed by atoms with van der Waals surface area (Å²) in [7, 11) is 1.23. The Hall–Kier alpha value is -7.72. The van der Waals surface area contributed by atoms with Gasteiger partial charge in [-0.25, -0.2) is 47.1 Å². The maximum atomic E-state index is 14.7. The van der Waals surface area contributed by atoms with Crippen LogP contribution in [0.15, 0.2) is 109 Å². The van der Waals surface area contributed by atoms with Crippen molar-refractivity contribution in [3.8, 4) is 11.8 Å². The molecule has 2 fully saturated rings. The summed E-state index contributed by atoms with van der Waals surface area (Å²) in [6, 6.07) is 25.4. The van der Waals surface area contributed by atoms with E-state index in [2.05, 4.69) is 36.9 Å². The molecule has 8 aromatic rings. The van der Waals surface area contributed by atoms with Crippen molar-refractivity contribution in [2.24, 2.45) is 0 Å². The summed E-state index contributed by atoms with van der Waals surface area (Å²) in [6.07, 6.45) is 7.66. The normalized spacial score (nSPS) is 17.2. The number of pyridine rings is 2. The Labute approximate surface area is 484 Å². The van der Waals surface area contributed by atoms with E-state index in [0.29, 0.717) is 107 Å². The van der Waals surface area contributed by atoms with Crippen LogP contribution >= 0.6 is 23.2 Å². The summed E-state index contributed by atoms with van der Waals surface area (Å²) < 4.78 is 88.8. The number of hydrogen-bond acceptors (Lipinski definition) is 13. The zero-order valence-corrected chi connectivity index (χ0v) is 46.5. The van der Waals surface area contributed by atoms with Gasteiger partial charge in [-0.3, -0.25) is 9.80 Å². The van der Waals surface area contributed by atoms with Crippen LogP contribution in [0.3, 0.4) is 0 Å². The number of carboxylic acids is 1. The first-order chi connectivity index (χ1) is 40.2. The standard InChI is InChI=1S/C31H29ClF2N4O4.C30H27ClF2N4O4/c1-40-31(39)23-14-28-27(15-25(23)34)35-29(38(28)16-22-9-12-41-22)17-37-10-7-19(8-11-37)26-3-2-4-30(36-26)42-18-20-5-6-21(32)13-24(20)33;31-20-5-4-19(23(32)12-20)17-41-29-3-1-2-25(35-29)18-6-9-36(10-7-18)16-28-34-26-14-24(33)22(30(38)39)13-27(26)37(28)15-21-8-11-40-21/h2-7,13-15,22H,8-12,16-18H2,1H3;1-6,12-14,21H,7-11,15-17H2,(H,38,39)/t22-;21-/m00/s1. The Morgan fingerprint density at radius 2 is 1.07 bits per heavy atom. The highest BCUT2D eigenvalue weighted by atomic mass is 35.5. The number of nitrogens with zero attached hydrogens (tertiary/aromatic N) is 8. The first-order valence-electron chi connectivity index (χ1n) is 27.0. The number of aromatic carboxylic acids is 1. The molecule has 430 valence electrons. The number of fused-ring (bicyclic) bond motifs is 2. The van der Waals surface area contributed by atoms with Crippen LogP contribution in [0.5, 0.6) is 11.8 Å². The van der Waals surface area contributed by atoms with Gasteiger partial charge in [0, 0.05) is 84.8 Å². The van der Waals surface area contributed by atoms with Crippen molar-refractivity contribution in [2.45, 2.75) is 77.3 Å². The van der Waals surface area contributed by atoms with Crippen LogP contribution in [-0.4, -0.2) is 115 Å². The Morgan fingerprint density at radius 3 is 1.47 bits per heavy atom. The lowest BCUT2D eigenvalue weighted by Gasteiger charge is -2.29. The lowest BCUT2D eigenvalue weighted by Crippen LogP contribution is -2.33. The SMILES string of the molecule is COC(=O)c1cc2c(cc1F)nc(CN1CC=C(c3cccc(OCc4ccc(Cl)cc4F)n3)CC1)n2C[C@@H]1CCO1.O=C(O)c1cc2c(cc1F)nc(CN1CC=C(c3cccc(OCc4ccc(Cl)cc4F)n3)CC1)n2C[C@@H]1CCO1. The largest absolute Gasteiger partial charge is 0.478 e. The summed E-state index contributed by atoms with van der Waals surface area (Å²) in [5.74, 6) is -2.02. The van der Waals surface area contributed by atoms with E-state index in [-0.39, 0.29) is 36.5 Å². The zero-order chi connectivity index (χ0) is 57.7. The molecule has 0 spiro atoms. The first-order valence-corrected chi connectivity index (χ1v) is 27.8. The van der Waals surface area contributed by atoms with Crippen LogP contribution in [0.25, 0.3) is 33.2 Å². The van der Waals surface area contributed by atoms with Gasteiger partial charge in [0.2, 0.25) is 11.8 Å². The van der Waals surface area contributed by atoms with Gasteiger partial charge in [0.25, 0.3) is 0 Å². The number of imidazole rings is 2. The number of ether oxygens (including phenoxy) is 5. The predicted molar refractivity (Wildman–Crippen MR) is 302 cm³/mol. The number of carbonyl (C=O) groups is 2. The van der Waals surface area contributed by atoms with Gasteiger partial charge in [-0.05, 0) is 85.4 Å². The summed E-state index contributed by atoms with van der Waals surface area (Å²) in [6.45, 7) is 6.48. The molecular weight excluding hydrogens is 1120 g/mol. The van der Waals surface area contributed by atoms with Crippen molar-refractivity contribution in [1.82, 2.24) is 38.9 Å². The Kier molecular flexibility index (Phi) is 17.5. The molecule has 0 saturated carbocycles. The fourth-order valence-electron chi connectivity index (χ4n) is 10.2. The molecule has 4 aliphatic rings. The van der Waals surface area contributed by atoms with Gasteiger partial charge >= 0.3 is 11.9 Å². The molecule has 4 aromatic carbocycles.